The average molecular weight is 275 g/mol. The first-order valence-corrected chi connectivity index (χ1v) is 7.24. The van der Waals surface area contributed by atoms with E-state index < -0.39 is 0 Å². The van der Waals surface area contributed by atoms with Crippen LogP contribution in [0.1, 0.15) is 50.0 Å². The van der Waals surface area contributed by atoms with Crippen LogP contribution in [0.25, 0.3) is 0 Å². The Hall–Kier alpha value is -1.69. The lowest BCUT2D eigenvalue weighted by molar-refractivity contribution is 0.366. The van der Waals surface area contributed by atoms with Gasteiger partial charge in [-0.25, -0.2) is 4.98 Å². The predicted molar refractivity (Wildman–Crippen MR) is 74.1 cm³/mol. The molecule has 0 spiro atoms. The summed E-state index contributed by atoms with van der Waals surface area (Å²) in [5.74, 6) is 2.70. The first-order chi connectivity index (χ1) is 9.70. The van der Waals surface area contributed by atoms with Gasteiger partial charge in [-0.05, 0) is 25.3 Å². The summed E-state index contributed by atoms with van der Waals surface area (Å²) < 4.78 is 7.25. The fourth-order valence-corrected chi connectivity index (χ4v) is 2.07. The van der Waals surface area contributed by atoms with E-state index >= 15 is 0 Å². The standard InChI is InChI=1S/C14H21N5O/c1-10(2)5-15-6-12-7-19(9-16-12)8-13-17-14(18-20-13)11-3-4-11/h7,9-11,15H,3-6,8H2,1-2H3. The van der Waals surface area contributed by atoms with Crippen LogP contribution in [0.5, 0.6) is 0 Å². The van der Waals surface area contributed by atoms with Crippen LogP contribution in [0, 0.1) is 5.92 Å². The van der Waals surface area contributed by atoms with Gasteiger partial charge in [0.25, 0.3) is 0 Å². The lowest BCUT2D eigenvalue weighted by Gasteiger charge is -2.04. The van der Waals surface area contributed by atoms with Crippen LogP contribution in [-0.4, -0.2) is 26.2 Å². The van der Waals surface area contributed by atoms with Crippen molar-refractivity contribution in [1.29, 1.82) is 0 Å². The number of nitrogens with one attached hydrogen (secondary N) is 1. The highest BCUT2D eigenvalue weighted by Gasteiger charge is 2.28. The van der Waals surface area contributed by atoms with Crippen LogP contribution >= 0.6 is 0 Å². The van der Waals surface area contributed by atoms with Gasteiger partial charge in [0.1, 0.15) is 6.54 Å². The van der Waals surface area contributed by atoms with Gasteiger partial charge < -0.3 is 14.4 Å². The van der Waals surface area contributed by atoms with E-state index in [1.54, 1.807) is 0 Å². The summed E-state index contributed by atoms with van der Waals surface area (Å²) in [6.45, 7) is 6.78. The molecule has 2 aromatic heterocycles. The second-order valence-electron chi connectivity index (χ2n) is 5.88. The summed E-state index contributed by atoms with van der Waals surface area (Å²) in [6, 6.07) is 0. The summed E-state index contributed by atoms with van der Waals surface area (Å²) in [5.41, 5.74) is 1.03. The van der Waals surface area contributed by atoms with E-state index in [0.717, 1.165) is 24.6 Å². The average Bonchev–Trinajstić information content (AvgIpc) is 3.00. The van der Waals surface area contributed by atoms with Crippen molar-refractivity contribution in [1.82, 2.24) is 25.0 Å². The van der Waals surface area contributed by atoms with Crippen molar-refractivity contribution < 1.29 is 4.52 Å². The molecule has 2 heterocycles. The van der Waals surface area contributed by atoms with Gasteiger partial charge in [0.2, 0.25) is 5.89 Å². The minimum atomic E-state index is 0.533. The second kappa shape index (κ2) is 5.75. The van der Waals surface area contributed by atoms with Crippen molar-refractivity contribution in [2.45, 2.75) is 45.7 Å². The fourth-order valence-electron chi connectivity index (χ4n) is 2.07. The van der Waals surface area contributed by atoms with Gasteiger partial charge in [-0.1, -0.05) is 19.0 Å². The Kier molecular flexibility index (Phi) is 3.82. The third-order valence-corrected chi connectivity index (χ3v) is 3.29. The first-order valence-electron chi connectivity index (χ1n) is 7.24. The van der Waals surface area contributed by atoms with E-state index in [1.807, 2.05) is 17.1 Å². The van der Waals surface area contributed by atoms with E-state index in [-0.39, 0.29) is 0 Å². The van der Waals surface area contributed by atoms with E-state index in [1.165, 1.54) is 12.8 Å². The predicted octanol–water partition coefficient (Wildman–Crippen LogP) is 1.94. The molecule has 0 saturated heterocycles. The maximum absolute atomic E-state index is 5.27. The molecular formula is C14H21N5O. The van der Waals surface area contributed by atoms with Crippen LogP contribution in [0.4, 0.5) is 0 Å². The third-order valence-electron chi connectivity index (χ3n) is 3.29. The zero-order valence-electron chi connectivity index (χ0n) is 12.0. The second-order valence-corrected chi connectivity index (χ2v) is 5.88. The topological polar surface area (TPSA) is 68.8 Å². The van der Waals surface area contributed by atoms with Crippen molar-refractivity contribution in [3.8, 4) is 0 Å². The Labute approximate surface area is 118 Å². The Balaban J connectivity index is 1.53. The molecule has 1 aliphatic carbocycles. The van der Waals surface area contributed by atoms with Crippen LogP contribution in [0.2, 0.25) is 0 Å². The SMILES string of the molecule is CC(C)CNCc1cn(Cc2nc(C3CC3)no2)cn1. The van der Waals surface area contributed by atoms with Crippen molar-refractivity contribution >= 4 is 0 Å². The van der Waals surface area contributed by atoms with Gasteiger partial charge in [0.15, 0.2) is 5.82 Å². The molecule has 1 saturated carbocycles. The number of rotatable bonds is 7. The van der Waals surface area contributed by atoms with Gasteiger partial charge in [-0.15, -0.1) is 0 Å². The normalized spacial score (nSPS) is 15.2. The molecule has 3 rings (SSSR count). The third kappa shape index (κ3) is 3.45. The number of imidazole rings is 1. The van der Waals surface area contributed by atoms with Gasteiger partial charge in [-0.2, -0.15) is 4.98 Å². The molecular weight excluding hydrogens is 254 g/mol. The van der Waals surface area contributed by atoms with Crippen molar-refractivity contribution in [2.75, 3.05) is 6.54 Å². The Morgan fingerprint density at radius 2 is 2.30 bits per heavy atom. The zero-order chi connectivity index (χ0) is 13.9. The van der Waals surface area contributed by atoms with Crippen molar-refractivity contribution in [3.63, 3.8) is 0 Å². The molecule has 20 heavy (non-hydrogen) atoms. The van der Waals surface area contributed by atoms with E-state index in [0.29, 0.717) is 24.3 Å². The highest BCUT2D eigenvalue weighted by Crippen LogP contribution is 2.38. The molecule has 0 amide bonds. The molecule has 0 bridgehead atoms. The number of nitrogens with zero attached hydrogens (tertiary/aromatic N) is 4. The summed E-state index contributed by atoms with van der Waals surface area (Å²) in [7, 11) is 0. The summed E-state index contributed by atoms with van der Waals surface area (Å²) in [6.07, 6.45) is 6.22. The molecule has 0 atom stereocenters. The molecule has 1 N–H and O–H groups in total. The smallest absolute Gasteiger partial charge is 0.246 e. The maximum Gasteiger partial charge on any atom is 0.246 e. The highest BCUT2D eigenvalue weighted by atomic mass is 16.5. The minimum Gasteiger partial charge on any atom is -0.337 e. The Bertz CT molecular complexity index is 555. The number of hydrogen-bond acceptors (Lipinski definition) is 5. The lowest BCUT2D eigenvalue weighted by Crippen LogP contribution is -2.19. The summed E-state index contributed by atoms with van der Waals surface area (Å²) in [4.78, 5) is 8.79. The Morgan fingerprint density at radius 1 is 1.45 bits per heavy atom. The van der Waals surface area contributed by atoms with E-state index in [4.69, 9.17) is 4.52 Å². The largest absolute Gasteiger partial charge is 0.337 e. The molecule has 0 aliphatic heterocycles. The molecule has 108 valence electrons. The van der Waals surface area contributed by atoms with Crippen LogP contribution in [0.15, 0.2) is 17.0 Å². The number of hydrogen-bond donors (Lipinski definition) is 1. The van der Waals surface area contributed by atoms with Crippen molar-refractivity contribution in [2.24, 2.45) is 5.92 Å². The quantitative estimate of drug-likeness (QED) is 0.836. The summed E-state index contributed by atoms with van der Waals surface area (Å²) in [5, 5.41) is 7.40. The molecule has 2 aromatic rings. The fraction of sp³-hybridized carbons (Fsp3) is 0.643. The monoisotopic (exact) mass is 275 g/mol. The highest BCUT2D eigenvalue weighted by molar-refractivity contribution is 5.04. The maximum atomic E-state index is 5.27. The van der Waals surface area contributed by atoms with Gasteiger partial charge in [0.05, 0.1) is 12.0 Å². The molecule has 6 nitrogen and oxygen atoms in total. The molecule has 0 aromatic carbocycles. The number of aromatic nitrogens is 4. The van der Waals surface area contributed by atoms with E-state index in [9.17, 15) is 0 Å². The van der Waals surface area contributed by atoms with Gasteiger partial charge in [-0.3, -0.25) is 0 Å². The molecule has 0 unspecified atom stereocenters. The lowest BCUT2D eigenvalue weighted by atomic mass is 10.2. The first kappa shape index (κ1) is 13.3. The summed E-state index contributed by atoms with van der Waals surface area (Å²) >= 11 is 0. The zero-order valence-corrected chi connectivity index (χ0v) is 12.0. The van der Waals surface area contributed by atoms with E-state index in [2.05, 4.69) is 34.3 Å². The van der Waals surface area contributed by atoms with Crippen LogP contribution < -0.4 is 5.32 Å². The molecule has 6 heteroatoms. The molecule has 1 fully saturated rings. The van der Waals surface area contributed by atoms with Gasteiger partial charge in [0, 0.05) is 18.7 Å². The van der Waals surface area contributed by atoms with Crippen LogP contribution in [-0.2, 0) is 13.1 Å². The van der Waals surface area contributed by atoms with Crippen molar-refractivity contribution in [3.05, 3.63) is 29.9 Å². The van der Waals surface area contributed by atoms with Gasteiger partial charge >= 0.3 is 0 Å². The minimum absolute atomic E-state index is 0.533. The molecule has 0 radical (unpaired) electrons. The molecule has 1 aliphatic rings. The van der Waals surface area contributed by atoms with Crippen LogP contribution in [0.3, 0.4) is 0 Å². The Morgan fingerprint density at radius 3 is 3.05 bits per heavy atom.